The molecule has 2 rings (SSSR count). The van der Waals surface area contributed by atoms with Gasteiger partial charge in [0.25, 0.3) is 0 Å². The molecular weight excluding hydrogens is 399 g/mol. The van der Waals surface area contributed by atoms with Gasteiger partial charge in [-0.2, -0.15) is 0 Å². The summed E-state index contributed by atoms with van der Waals surface area (Å²) in [4.78, 5) is 26.9. The molecule has 0 heterocycles. The second kappa shape index (κ2) is 11.9. The van der Waals surface area contributed by atoms with Gasteiger partial charge in [0.2, 0.25) is 11.8 Å². The Bertz CT molecular complexity index is 855. The Labute approximate surface area is 183 Å². The fourth-order valence-corrected chi connectivity index (χ4v) is 3.03. The lowest BCUT2D eigenvalue weighted by Crippen LogP contribution is -2.49. The maximum absolute atomic E-state index is 14.2. The Kier molecular flexibility index (Phi) is 9.31. The number of hydrogen-bond acceptors (Lipinski definition) is 4. The molecule has 0 aliphatic heterocycles. The topological polar surface area (TPSA) is 67.9 Å². The number of methoxy groups -OCH3 is 1. The van der Waals surface area contributed by atoms with Gasteiger partial charge in [0.15, 0.2) is 0 Å². The number of halogens is 1. The van der Waals surface area contributed by atoms with Gasteiger partial charge in [0.1, 0.15) is 23.4 Å². The summed E-state index contributed by atoms with van der Waals surface area (Å²) in [6.45, 7) is 5.73. The van der Waals surface area contributed by atoms with E-state index in [0.717, 1.165) is 5.75 Å². The molecule has 7 heteroatoms. The zero-order valence-electron chi connectivity index (χ0n) is 18.6. The first-order chi connectivity index (χ1) is 14.8. The van der Waals surface area contributed by atoms with Crippen LogP contribution in [0.4, 0.5) is 4.39 Å². The van der Waals surface area contributed by atoms with E-state index >= 15 is 0 Å². The van der Waals surface area contributed by atoms with Gasteiger partial charge in [0.05, 0.1) is 13.7 Å². The monoisotopic (exact) mass is 430 g/mol. The summed E-state index contributed by atoms with van der Waals surface area (Å²) >= 11 is 0. The molecule has 31 heavy (non-hydrogen) atoms. The van der Waals surface area contributed by atoms with E-state index in [9.17, 15) is 14.0 Å². The van der Waals surface area contributed by atoms with Gasteiger partial charge < -0.3 is 19.7 Å². The molecule has 0 fully saturated rings. The lowest BCUT2D eigenvalue weighted by molar-refractivity contribution is -0.141. The number of nitrogens with zero attached hydrogens (tertiary/aromatic N) is 1. The minimum Gasteiger partial charge on any atom is -0.497 e. The molecule has 0 saturated heterocycles. The summed E-state index contributed by atoms with van der Waals surface area (Å²) < 4.78 is 24.9. The second-order valence-electron chi connectivity index (χ2n) is 7.58. The highest BCUT2D eigenvalue weighted by Crippen LogP contribution is 2.18. The van der Waals surface area contributed by atoms with Crippen LogP contribution < -0.4 is 14.8 Å². The van der Waals surface area contributed by atoms with E-state index in [1.54, 1.807) is 56.5 Å². The van der Waals surface area contributed by atoms with Gasteiger partial charge in [-0.15, -0.1) is 0 Å². The van der Waals surface area contributed by atoms with Crippen molar-refractivity contribution in [3.8, 4) is 11.5 Å². The predicted molar refractivity (Wildman–Crippen MR) is 117 cm³/mol. The SMILES string of the molecule is COc1ccc(OCCCC(=O)N(Cc2ccccc2F)[C@H](C)C(=O)NC(C)C)cc1. The molecule has 0 aromatic heterocycles. The van der Waals surface area contributed by atoms with Crippen LogP contribution >= 0.6 is 0 Å². The highest BCUT2D eigenvalue weighted by atomic mass is 19.1. The Balaban J connectivity index is 1.99. The Hall–Kier alpha value is -3.09. The van der Waals surface area contributed by atoms with Crippen molar-refractivity contribution in [2.75, 3.05) is 13.7 Å². The Morgan fingerprint density at radius 2 is 1.68 bits per heavy atom. The van der Waals surface area contributed by atoms with Crippen LogP contribution in [-0.4, -0.2) is 42.5 Å². The van der Waals surface area contributed by atoms with Crippen molar-refractivity contribution in [3.63, 3.8) is 0 Å². The fourth-order valence-electron chi connectivity index (χ4n) is 3.03. The lowest BCUT2D eigenvalue weighted by atomic mass is 10.1. The normalized spacial score (nSPS) is 11.7. The van der Waals surface area contributed by atoms with Crippen LogP contribution in [0.5, 0.6) is 11.5 Å². The van der Waals surface area contributed by atoms with Crippen molar-refractivity contribution in [2.45, 2.75) is 52.2 Å². The van der Waals surface area contributed by atoms with Crippen LogP contribution in [0.15, 0.2) is 48.5 Å². The first kappa shape index (κ1) is 24.2. The van der Waals surface area contributed by atoms with Gasteiger partial charge in [-0.05, 0) is 57.5 Å². The Morgan fingerprint density at radius 1 is 1.03 bits per heavy atom. The predicted octanol–water partition coefficient (Wildman–Crippen LogP) is 3.94. The third-order valence-electron chi connectivity index (χ3n) is 4.76. The summed E-state index contributed by atoms with van der Waals surface area (Å²) in [5, 5.41) is 2.81. The summed E-state index contributed by atoms with van der Waals surface area (Å²) in [7, 11) is 1.59. The molecule has 1 atom stereocenters. The molecule has 2 amide bonds. The van der Waals surface area contributed by atoms with Crippen LogP contribution in [-0.2, 0) is 16.1 Å². The molecule has 2 aromatic rings. The Morgan fingerprint density at radius 3 is 2.29 bits per heavy atom. The number of ether oxygens (including phenoxy) is 2. The summed E-state index contributed by atoms with van der Waals surface area (Å²) in [5.74, 6) is 0.517. The van der Waals surface area contributed by atoms with Gasteiger partial charge in [-0.1, -0.05) is 18.2 Å². The number of carbonyl (C=O) groups excluding carboxylic acids is 2. The molecule has 6 nitrogen and oxygen atoms in total. The van der Waals surface area contributed by atoms with Crippen LogP contribution in [0.2, 0.25) is 0 Å². The zero-order valence-corrected chi connectivity index (χ0v) is 18.6. The molecule has 1 N–H and O–H groups in total. The van der Waals surface area contributed by atoms with Gasteiger partial charge >= 0.3 is 0 Å². The highest BCUT2D eigenvalue weighted by Gasteiger charge is 2.26. The molecule has 2 aromatic carbocycles. The minimum atomic E-state index is -0.725. The highest BCUT2D eigenvalue weighted by molar-refractivity contribution is 5.87. The van der Waals surface area contributed by atoms with E-state index in [0.29, 0.717) is 24.3 Å². The molecule has 0 spiro atoms. The number of rotatable bonds is 11. The van der Waals surface area contributed by atoms with E-state index in [2.05, 4.69) is 5.32 Å². The summed E-state index contributed by atoms with van der Waals surface area (Å²) in [5.41, 5.74) is 0.370. The van der Waals surface area contributed by atoms with Gasteiger partial charge in [-0.25, -0.2) is 4.39 Å². The van der Waals surface area contributed by atoms with Crippen molar-refractivity contribution >= 4 is 11.8 Å². The van der Waals surface area contributed by atoms with E-state index in [4.69, 9.17) is 9.47 Å². The molecule has 0 aliphatic carbocycles. The number of amides is 2. The largest absolute Gasteiger partial charge is 0.497 e. The quantitative estimate of drug-likeness (QED) is 0.549. The van der Waals surface area contributed by atoms with E-state index in [1.165, 1.54) is 11.0 Å². The van der Waals surface area contributed by atoms with Crippen molar-refractivity contribution < 1.29 is 23.5 Å². The third-order valence-corrected chi connectivity index (χ3v) is 4.76. The smallest absolute Gasteiger partial charge is 0.242 e. The molecule has 168 valence electrons. The maximum atomic E-state index is 14.2. The molecule has 0 aliphatic rings. The van der Waals surface area contributed by atoms with E-state index in [-0.39, 0.29) is 30.8 Å². The van der Waals surface area contributed by atoms with Crippen molar-refractivity contribution in [3.05, 3.63) is 59.9 Å². The van der Waals surface area contributed by atoms with Gasteiger partial charge in [-0.3, -0.25) is 9.59 Å². The van der Waals surface area contributed by atoms with Crippen LogP contribution in [0.3, 0.4) is 0 Å². The number of nitrogens with one attached hydrogen (secondary N) is 1. The minimum absolute atomic E-state index is 0.0253. The van der Waals surface area contributed by atoms with Crippen LogP contribution in [0.1, 0.15) is 39.2 Å². The average Bonchev–Trinajstić information content (AvgIpc) is 2.75. The molecule has 0 saturated carbocycles. The van der Waals surface area contributed by atoms with E-state index < -0.39 is 11.9 Å². The lowest BCUT2D eigenvalue weighted by Gasteiger charge is -2.29. The van der Waals surface area contributed by atoms with Crippen molar-refractivity contribution in [1.82, 2.24) is 10.2 Å². The zero-order chi connectivity index (χ0) is 22.8. The first-order valence-corrected chi connectivity index (χ1v) is 10.4. The average molecular weight is 431 g/mol. The summed E-state index contributed by atoms with van der Waals surface area (Å²) in [6, 6.07) is 12.7. The van der Waals surface area contributed by atoms with Gasteiger partial charge in [0, 0.05) is 24.6 Å². The number of carbonyl (C=O) groups is 2. The van der Waals surface area contributed by atoms with Crippen LogP contribution in [0.25, 0.3) is 0 Å². The molecule has 0 bridgehead atoms. The summed E-state index contributed by atoms with van der Waals surface area (Å²) in [6.07, 6.45) is 0.654. The molecular formula is C24H31FN2O4. The second-order valence-corrected chi connectivity index (χ2v) is 7.58. The van der Waals surface area contributed by atoms with Crippen molar-refractivity contribution in [1.29, 1.82) is 0 Å². The van der Waals surface area contributed by atoms with E-state index in [1.807, 2.05) is 13.8 Å². The fraction of sp³-hybridized carbons (Fsp3) is 0.417. The number of benzene rings is 2. The van der Waals surface area contributed by atoms with Crippen LogP contribution in [0, 0.1) is 5.82 Å². The molecule has 0 unspecified atom stereocenters. The third kappa shape index (κ3) is 7.59. The molecule has 0 radical (unpaired) electrons. The number of hydrogen-bond donors (Lipinski definition) is 1. The maximum Gasteiger partial charge on any atom is 0.242 e. The first-order valence-electron chi connectivity index (χ1n) is 10.4. The standard InChI is InChI=1S/C24H31FN2O4/c1-17(2)26-24(29)18(3)27(16-19-8-5-6-9-22(19)25)23(28)10-7-15-31-21-13-11-20(30-4)12-14-21/h5-6,8-9,11-14,17-18H,7,10,15-16H2,1-4H3,(H,26,29)/t18-/m1/s1. The van der Waals surface area contributed by atoms with Crippen molar-refractivity contribution in [2.24, 2.45) is 0 Å².